The zero-order valence-electron chi connectivity index (χ0n) is 13.5. The fraction of sp³-hybridized carbons (Fsp3) is 0.562. The van der Waals surface area contributed by atoms with Crippen LogP contribution in [-0.4, -0.2) is 34.4 Å². The van der Waals surface area contributed by atoms with Crippen LogP contribution in [0, 0.1) is 0 Å². The van der Waals surface area contributed by atoms with Gasteiger partial charge in [-0.1, -0.05) is 0 Å². The minimum atomic E-state index is -4.15. The highest BCUT2D eigenvalue weighted by atomic mass is 19.4. The maximum Gasteiger partial charge on any atom is 0.401 e. The van der Waals surface area contributed by atoms with E-state index in [0.29, 0.717) is 5.69 Å². The summed E-state index contributed by atoms with van der Waals surface area (Å²) in [6.45, 7) is -0.919. The monoisotopic (exact) mass is 341 g/mol. The number of hydrogen-bond donors (Lipinski definition) is 3. The average Bonchev–Trinajstić information content (AvgIpc) is 2.90. The molecule has 1 fully saturated rings. The number of aryl methyl sites for hydroxylation is 1. The van der Waals surface area contributed by atoms with Gasteiger partial charge < -0.3 is 20.9 Å². The number of rotatable bonds is 4. The molecule has 0 spiro atoms. The summed E-state index contributed by atoms with van der Waals surface area (Å²) in [5, 5.41) is 7.04. The molecule has 0 radical (unpaired) electrons. The number of aromatic nitrogens is 2. The fourth-order valence-corrected chi connectivity index (χ4v) is 3.30. The van der Waals surface area contributed by atoms with E-state index in [1.165, 1.54) is 0 Å². The van der Waals surface area contributed by atoms with Crippen molar-refractivity contribution in [2.75, 3.05) is 17.6 Å². The summed E-state index contributed by atoms with van der Waals surface area (Å²) in [7, 11) is 1.92. The molecule has 5 nitrogen and oxygen atoms in total. The van der Waals surface area contributed by atoms with E-state index in [9.17, 15) is 13.2 Å². The molecule has 3 rings (SSSR count). The summed E-state index contributed by atoms with van der Waals surface area (Å²) in [5.41, 5.74) is 8.38. The van der Waals surface area contributed by atoms with Crippen molar-refractivity contribution in [1.29, 1.82) is 0 Å². The van der Waals surface area contributed by atoms with Gasteiger partial charge in [0.1, 0.15) is 5.65 Å². The van der Waals surface area contributed by atoms with E-state index in [4.69, 9.17) is 5.73 Å². The molecule has 0 unspecified atom stereocenters. The Bertz CT molecular complexity index is 702. The van der Waals surface area contributed by atoms with Crippen molar-refractivity contribution in [3.8, 4) is 0 Å². The molecular formula is C16H22F3N5. The lowest BCUT2D eigenvalue weighted by Gasteiger charge is -2.31. The highest BCUT2D eigenvalue weighted by molar-refractivity contribution is 5.96. The molecule has 0 aliphatic heterocycles. The predicted molar refractivity (Wildman–Crippen MR) is 88.9 cm³/mol. The van der Waals surface area contributed by atoms with E-state index in [2.05, 4.69) is 15.6 Å². The van der Waals surface area contributed by atoms with Gasteiger partial charge >= 0.3 is 6.18 Å². The summed E-state index contributed by atoms with van der Waals surface area (Å²) in [6.07, 6.45) is 2.48. The van der Waals surface area contributed by atoms with Crippen molar-refractivity contribution in [3.63, 3.8) is 0 Å². The van der Waals surface area contributed by atoms with Crippen LogP contribution in [0.1, 0.15) is 25.7 Å². The van der Waals surface area contributed by atoms with Crippen LogP contribution in [0.5, 0.6) is 0 Å². The Labute approximate surface area is 138 Å². The Morgan fingerprint density at radius 3 is 2.58 bits per heavy atom. The number of nitrogen functional groups attached to an aromatic ring is 1. The van der Waals surface area contributed by atoms with Crippen LogP contribution in [0.4, 0.5) is 24.5 Å². The van der Waals surface area contributed by atoms with E-state index in [1.807, 2.05) is 23.9 Å². The van der Waals surface area contributed by atoms with Crippen molar-refractivity contribution < 1.29 is 13.2 Å². The number of fused-ring (bicyclic) bond motifs is 1. The number of nitrogens with two attached hydrogens (primary N) is 1. The second-order valence-corrected chi connectivity index (χ2v) is 6.44. The van der Waals surface area contributed by atoms with Gasteiger partial charge in [-0.25, -0.2) is 4.98 Å². The second kappa shape index (κ2) is 6.51. The summed E-state index contributed by atoms with van der Waals surface area (Å²) in [5.74, 6) is 0. The molecule has 2 heterocycles. The third kappa shape index (κ3) is 3.75. The predicted octanol–water partition coefficient (Wildman–Crippen LogP) is 3.03. The SMILES string of the molecule is Cn1ccc2c(NC3CCC(NCC(F)(F)F)CC3)c(N)cnc21. The molecule has 4 N–H and O–H groups in total. The minimum Gasteiger partial charge on any atom is -0.396 e. The maximum absolute atomic E-state index is 12.3. The molecule has 24 heavy (non-hydrogen) atoms. The molecule has 132 valence electrons. The van der Waals surface area contributed by atoms with Crippen LogP contribution in [0.3, 0.4) is 0 Å². The smallest absolute Gasteiger partial charge is 0.396 e. The summed E-state index contributed by atoms with van der Waals surface area (Å²) in [4.78, 5) is 4.33. The number of nitrogens with zero attached hydrogens (tertiary/aromatic N) is 2. The molecule has 1 saturated carbocycles. The van der Waals surface area contributed by atoms with Crippen molar-refractivity contribution in [1.82, 2.24) is 14.9 Å². The van der Waals surface area contributed by atoms with Gasteiger partial charge in [-0.15, -0.1) is 0 Å². The largest absolute Gasteiger partial charge is 0.401 e. The first-order valence-corrected chi connectivity index (χ1v) is 8.09. The topological polar surface area (TPSA) is 67.9 Å². The van der Waals surface area contributed by atoms with E-state index < -0.39 is 12.7 Å². The molecule has 0 atom stereocenters. The maximum atomic E-state index is 12.3. The molecular weight excluding hydrogens is 319 g/mol. The number of halogens is 3. The highest BCUT2D eigenvalue weighted by Crippen LogP contribution is 2.31. The third-order valence-electron chi connectivity index (χ3n) is 4.59. The third-order valence-corrected chi connectivity index (χ3v) is 4.59. The second-order valence-electron chi connectivity index (χ2n) is 6.44. The highest BCUT2D eigenvalue weighted by Gasteiger charge is 2.29. The van der Waals surface area contributed by atoms with Gasteiger partial charge in [0.25, 0.3) is 0 Å². The van der Waals surface area contributed by atoms with Gasteiger partial charge in [-0.3, -0.25) is 0 Å². The molecule has 8 heteroatoms. The molecule has 0 saturated heterocycles. The zero-order valence-corrected chi connectivity index (χ0v) is 13.5. The lowest BCUT2D eigenvalue weighted by atomic mass is 9.91. The quantitative estimate of drug-likeness (QED) is 0.800. The summed E-state index contributed by atoms with van der Waals surface area (Å²) >= 11 is 0. The van der Waals surface area contributed by atoms with Crippen LogP contribution in [0.25, 0.3) is 11.0 Å². The fourth-order valence-electron chi connectivity index (χ4n) is 3.30. The first-order valence-electron chi connectivity index (χ1n) is 8.09. The number of anilines is 2. The first-order chi connectivity index (χ1) is 11.3. The molecule has 0 aromatic carbocycles. The van der Waals surface area contributed by atoms with Gasteiger partial charge in [-0.2, -0.15) is 13.2 Å². The van der Waals surface area contributed by atoms with Crippen LogP contribution in [0.15, 0.2) is 18.5 Å². The standard InChI is InChI=1S/C16H22F3N5/c1-24-7-6-12-14(13(20)8-21-15(12)24)23-11-4-2-10(3-5-11)22-9-16(17,18)19/h6-8,10-11,22H,2-5,9,20H2,1H3,(H,21,23). The molecule has 0 bridgehead atoms. The van der Waals surface area contributed by atoms with Crippen LogP contribution in [0.2, 0.25) is 0 Å². The molecule has 1 aliphatic carbocycles. The Kier molecular flexibility index (Phi) is 4.58. The van der Waals surface area contributed by atoms with Crippen molar-refractivity contribution in [2.45, 2.75) is 43.9 Å². The minimum absolute atomic E-state index is 0.0730. The molecule has 1 aliphatic rings. The lowest BCUT2D eigenvalue weighted by Crippen LogP contribution is -2.41. The number of nitrogens with one attached hydrogen (secondary N) is 2. The van der Waals surface area contributed by atoms with E-state index in [1.54, 1.807) is 6.20 Å². The van der Waals surface area contributed by atoms with Crippen molar-refractivity contribution in [2.24, 2.45) is 7.05 Å². The van der Waals surface area contributed by atoms with Crippen LogP contribution < -0.4 is 16.4 Å². The van der Waals surface area contributed by atoms with Crippen LogP contribution in [-0.2, 0) is 7.05 Å². The number of alkyl halides is 3. The lowest BCUT2D eigenvalue weighted by molar-refractivity contribution is -0.126. The molecule has 2 aromatic rings. The Morgan fingerprint density at radius 2 is 1.92 bits per heavy atom. The number of pyridine rings is 1. The van der Waals surface area contributed by atoms with Crippen molar-refractivity contribution in [3.05, 3.63) is 18.5 Å². The zero-order chi connectivity index (χ0) is 17.3. The average molecular weight is 341 g/mol. The Morgan fingerprint density at radius 1 is 1.25 bits per heavy atom. The van der Waals surface area contributed by atoms with Gasteiger partial charge in [0.05, 0.1) is 24.1 Å². The molecule has 0 amide bonds. The summed E-state index contributed by atoms with van der Waals surface area (Å²) < 4.78 is 38.7. The van der Waals surface area contributed by atoms with E-state index in [-0.39, 0.29) is 12.1 Å². The van der Waals surface area contributed by atoms with E-state index >= 15 is 0 Å². The number of hydrogen-bond acceptors (Lipinski definition) is 4. The van der Waals surface area contributed by atoms with E-state index in [0.717, 1.165) is 42.4 Å². The van der Waals surface area contributed by atoms with Gasteiger partial charge in [0.15, 0.2) is 0 Å². The van der Waals surface area contributed by atoms with Crippen molar-refractivity contribution >= 4 is 22.4 Å². The Balaban J connectivity index is 1.62. The summed E-state index contributed by atoms with van der Waals surface area (Å²) in [6, 6.07) is 2.11. The molecule has 2 aromatic heterocycles. The normalized spacial score (nSPS) is 22.0. The van der Waals surface area contributed by atoms with Gasteiger partial charge in [-0.05, 0) is 31.7 Å². The van der Waals surface area contributed by atoms with Gasteiger partial charge in [0, 0.05) is 30.7 Å². The Hall–Kier alpha value is -1.96. The van der Waals surface area contributed by atoms with Gasteiger partial charge in [0.2, 0.25) is 0 Å². The van der Waals surface area contributed by atoms with Crippen LogP contribution >= 0.6 is 0 Å². The first kappa shape index (κ1) is 16.9.